The molecule has 0 bridgehead atoms. The molecule has 180 valence electrons. The van der Waals surface area contributed by atoms with E-state index in [1.807, 2.05) is 13.8 Å². The number of anilines is 2. The summed E-state index contributed by atoms with van der Waals surface area (Å²) >= 11 is 0. The Balaban J connectivity index is 1.91. The number of benzene rings is 2. The molecular formula is C24H31FN2O5S. The van der Waals surface area contributed by atoms with Gasteiger partial charge in [-0.2, -0.15) is 0 Å². The number of fused-ring (bicyclic) bond motifs is 1. The van der Waals surface area contributed by atoms with Crippen LogP contribution >= 0.6 is 0 Å². The topological polar surface area (TPSA) is 84.9 Å². The van der Waals surface area contributed by atoms with Crippen molar-refractivity contribution in [2.24, 2.45) is 11.3 Å². The molecule has 0 saturated carbocycles. The van der Waals surface area contributed by atoms with Crippen LogP contribution in [-0.4, -0.2) is 34.1 Å². The third-order valence-corrected chi connectivity index (χ3v) is 6.74. The van der Waals surface area contributed by atoms with Gasteiger partial charge in [-0.1, -0.05) is 13.8 Å². The first kappa shape index (κ1) is 24.8. The number of nitrogens with one attached hydrogen (secondary N) is 1. The van der Waals surface area contributed by atoms with Crippen molar-refractivity contribution < 1.29 is 27.1 Å². The van der Waals surface area contributed by atoms with Crippen LogP contribution in [0.15, 0.2) is 41.3 Å². The fourth-order valence-corrected chi connectivity index (χ4v) is 4.52. The second kappa shape index (κ2) is 9.59. The molecule has 1 aliphatic rings. The zero-order chi connectivity index (χ0) is 24.4. The second-order valence-corrected chi connectivity index (χ2v) is 10.8. The van der Waals surface area contributed by atoms with Crippen molar-refractivity contribution >= 4 is 27.3 Å². The van der Waals surface area contributed by atoms with Gasteiger partial charge in [-0.25, -0.2) is 12.8 Å². The van der Waals surface area contributed by atoms with Crippen LogP contribution in [0.3, 0.4) is 0 Å². The van der Waals surface area contributed by atoms with E-state index < -0.39 is 21.3 Å². The molecule has 1 N–H and O–H groups in total. The van der Waals surface area contributed by atoms with Crippen LogP contribution in [-0.2, 0) is 14.8 Å². The van der Waals surface area contributed by atoms with Gasteiger partial charge in [0.1, 0.15) is 12.4 Å². The van der Waals surface area contributed by atoms with Crippen molar-refractivity contribution in [2.45, 2.75) is 45.9 Å². The molecule has 2 aromatic rings. The number of carbonyl (C=O) groups is 1. The van der Waals surface area contributed by atoms with E-state index in [1.54, 1.807) is 30.0 Å². The molecule has 2 aromatic carbocycles. The Labute approximate surface area is 194 Å². The van der Waals surface area contributed by atoms with E-state index in [4.69, 9.17) is 9.47 Å². The maximum atomic E-state index is 14.2. The fourth-order valence-electron chi connectivity index (χ4n) is 3.46. The van der Waals surface area contributed by atoms with Crippen LogP contribution in [0.2, 0.25) is 0 Å². The van der Waals surface area contributed by atoms with E-state index in [9.17, 15) is 17.6 Å². The lowest BCUT2D eigenvalue weighted by Crippen LogP contribution is -2.42. The highest BCUT2D eigenvalue weighted by atomic mass is 32.2. The molecule has 9 heteroatoms. The normalized spacial score (nSPS) is 15.6. The van der Waals surface area contributed by atoms with E-state index in [-0.39, 0.29) is 35.5 Å². The zero-order valence-electron chi connectivity index (χ0n) is 19.6. The number of rotatable bonds is 8. The fraction of sp³-hybridized carbons (Fsp3) is 0.458. The Morgan fingerprint density at radius 3 is 2.58 bits per heavy atom. The average molecular weight is 479 g/mol. The van der Waals surface area contributed by atoms with Gasteiger partial charge in [0.2, 0.25) is 5.91 Å². The maximum absolute atomic E-state index is 14.2. The monoisotopic (exact) mass is 478 g/mol. The summed E-state index contributed by atoms with van der Waals surface area (Å²) in [6, 6.07) is 8.28. The minimum Gasteiger partial charge on any atom is -0.491 e. The Morgan fingerprint density at radius 1 is 1.21 bits per heavy atom. The van der Waals surface area contributed by atoms with Gasteiger partial charge in [0.25, 0.3) is 10.0 Å². The van der Waals surface area contributed by atoms with E-state index in [2.05, 4.69) is 18.6 Å². The molecule has 1 aliphatic heterocycles. The predicted molar refractivity (Wildman–Crippen MR) is 126 cm³/mol. The van der Waals surface area contributed by atoms with Crippen LogP contribution < -0.4 is 19.1 Å². The standard InChI is InChI=1S/C24H31FN2O5S/c1-6-31-21-10-8-18(14-19(21)25)33(29,30)26-17-7-9-20-22(13-17)32-15-24(4,5)23(28)27(20)12-11-16(2)3/h7-10,13-14,16,26H,6,11-12,15H2,1-5H3. The summed E-state index contributed by atoms with van der Waals surface area (Å²) in [4.78, 5) is 14.6. The summed E-state index contributed by atoms with van der Waals surface area (Å²) < 4.78 is 53.4. The summed E-state index contributed by atoms with van der Waals surface area (Å²) in [5, 5.41) is 0. The van der Waals surface area contributed by atoms with Crippen LogP contribution in [0.1, 0.15) is 41.0 Å². The summed E-state index contributed by atoms with van der Waals surface area (Å²) in [5.41, 5.74) is 0.121. The summed E-state index contributed by atoms with van der Waals surface area (Å²) in [6.45, 7) is 10.5. The van der Waals surface area contributed by atoms with Gasteiger partial charge in [0.15, 0.2) is 11.6 Å². The molecule has 0 spiro atoms. The molecule has 3 rings (SSSR count). The van der Waals surface area contributed by atoms with E-state index >= 15 is 0 Å². The van der Waals surface area contributed by atoms with Crippen molar-refractivity contribution in [2.75, 3.05) is 29.4 Å². The van der Waals surface area contributed by atoms with Gasteiger partial charge in [-0.3, -0.25) is 9.52 Å². The lowest BCUT2D eigenvalue weighted by Gasteiger charge is -2.28. The summed E-state index contributed by atoms with van der Waals surface area (Å²) in [7, 11) is -4.05. The van der Waals surface area contributed by atoms with Crippen molar-refractivity contribution in [3.8, 4) is 11.5 Å². The number of hydrogen-bond acceptors (Lipinski definition) is 5. The molecule has 7 nitrogen and oxygen atoms in total. The number of halogens is 1. The van der Waals surface area contributed by atoms with Gasteiger partial charge in [-0.05, 0) is 63.4 Å². The Kier molecular flexibility index (Phi) is 7.21. The lowest BCUT2D eigenvalue weighted by molar-refractivity contribution is -0.127. The molecule has 33 heavy (non-hydrogen) atoms. The number of carbonyl (C=O) groups excluding carboxylic acids is 1. The Morgan fingerprint density at radius 2 is 1.94 bits per heavy atom. The molecule has 1 heterocycles. The molecule has 0 atom stereocenters. The molecule has 0 aliphatic carbocycles. The number of ether oxygens (including phenoxy) is 2. The number of sulfonamides is 1. The minimum absolute atomic E-state index is 0.0105. The van der Waals surface area contributed by atoms with Crippen molar-refractivity contribution in [1.29, 1.82) is 0 Å². The molecule has 0 fully saturated rings. The van der Waals surface area contributed by atoms with Gasteiger partial charge < -0.3 is 14.4 Å². The van der Waals surface area contributed by atoms with Gasteiger partial charge in [-0.15, -0.1) is 0 Å². The highest BCUT2D eigenvalue weighted by Crippen LogP contribution is 2.39. The second-order valence-electron chi connectivity index (χ2n) is 9.13. The predicted octanol–water partition coefficient (Wildman–Crippen LogP) is 4.82. The average Bonchev–Trinajstić information content (AvgIpc) is 2.82. The van der Waals surface area contributed by atoms with Gasteiger partial charge in [0, 0.05) is 12.6 Å². The third kappa shape index (κ3) is 5.58. The smallest absolute Gasteiger partial charge is 0.262 e. The van der Waals surface area contributed by atoms with Crippen LogP contribution in [0.4, 0.5) is 15.8 Å². The largest absolute Gasteiger partial charge is 0.491 e. The molecule has 0 radical (unpaired) electrons. The van der Waals surface area contributed by atoms with Crippen LogP contribution in [0.5, 0.6) is 11.5 Å². The van der Waals surface area contributed by atoms with Crippen LogP contribution in [0, 0.1) is 17.2 Å². The molecule has 0 aromatic heterocycles. The SMILES string of the molecule is CCOc1ccc(S(=O)(=O)Nc2ccc3c(c2)OCC(C)(C)C(=O)N3CCC(C)C)cc1F. The van der Waals surface area contributed by atoms with Crippen molar-refractivity contribution in [3.05, 3.63) is 42.2 Å². The Bertz CT molecular complexity index is 1130. The number of nitrogens with zero attached hydrogens (tertiary/aromatic N) is 1. The van der Waals surface area contributed by atoms with E-state index in [1.165, 1.54) is 12.1 Å². The van der Waals surface area contributed by atoms with Crippen molar-refractivity contribution in [1.82, 2.24) is 0 Å². The summed E-state index contributed by atoms with van der Waals surface area (Å²) in [5.74, 6) is 0.0140. The first-order chi connectivity index (χ1) is 15.4. The number of hydrogen-bond donors (Lipinski definition) is 1. The molecule has 0 unspecified atom stereocenters. The zero-order valence-corrected chi connectivity index (χ0v) is 20.5. The van der Waals surface area contributed by atoms with E-state index in [0.29, 0.717) is 23.9 Å². The van der Waals surface area contributed by atoms with E-state index in [0.717, 1.165) is 12.5 Å². The first-order valence-corrected chi connectivity index (χ1v) is 12.5. The van der Waals surface area contributed by atoms with Crippen molar-refractivity contribution in [3.63, 3.8) is 0 Å². The maximum Gasteiger partial charge on any atom is 0.262 e. The molecular weight excluding hydrogens is 447 g/mol. The Hall–Kier alpha value is -2.81. The highest BCUT2D eigenvalue weighted by Gasteiger charge is 2.37. The minimum atomic E-state index is -4.05. The van der Waals surface area contributed by atoms with Gasteiger partial charge >= 0.3 is 0 Å². The quantitative estimate of drug-likeness (QED) is 0.588. The third-order valence-electron chi connectivity index (χ3n) is 5.36. The molecule has 1 amide bonds. The molecule has 0 saturated heterocycles. The lowest BCUT2D eigenvalue weighted by atomic mass is 9.92. The van der Waals surface area contributed by atoms with Gasteiger partial charge in [0.05, 0.1) is 28.3 Å². The first-order valence-electron chi connectivity index (χ1n) is 11.0. The highest BCUT2D eigenvalue weighted by molar-refractivity contribution is 7.92. The summed E-state index contributed by atoms with van der Waals surface area (Å²) in [6.07, 6.45) is 0.818. The van der Waals surface area contributed by atoms with Crippen LogP contribution in [0.25, 0.3) is 0 Å². The number of amides is 1.